The van der Waals surface area contributed by atoms with Gasteiger partial charge in [0.2, 0.25) is 0 Å². The lowest BCUT2D eigenvalue weighted by atomic mass is 10.2. The summed E-state index contributed by atoms with van der Waals surface area (Å²) >= 11 is 1.52. The smallest absolute Gasteiger partial charge is 0.251 e. The molecule has 0 atom stereocenters. The number of aromatic amines is 1. The highest BCUT2D eigenvalue weighted by atomic mass is 32.2. The summed E-state index contributed by atoms with van der Waals surface area (Å²) in [5.41, 5.74) is 0.765. The summed E-state index contributed by atoms with van der Waals surface area (Å²) in [6.07, 6.45) is 5.00. The van der Waals surface area contributed by atoms with Crippen molar-refractivity contribution in [3.63, 3.8) is 0 Å². The van der Waals surface area contributed by atoms with Gasteiger partial charge in [-0.15, -0.1) is 0 Å². The van der Waals surface area contributed by atoms with Gasteiger partial charge in [-0.2, -0.15) is 5.10 Å². The van der Waals surface area contributed by atoms with E-state index in [-0.39, 0.29) is 5.56 Å². The van der Waals surface area contributed by atoms with Crippen molar-refractivity contribution in [2.75, 3.05) is 5.75 Å². The Morgan fingerprint density at radius 1 is 1.50 bits per heavy atom. The molecule has 2 aromatic heterocycles. The summed E-state index contributed by atoms with van der Waals surface area (Å²) in [4.78, 5) is 22.5. The maximum absolute atomic E-state index is 11.4. The number of nitrogens with one attached hydrogen (secondary N) is 1. The largest absolute Gasteiger partial charge is 0.301 e. The predicted molar refractivity (Wildman–Crippen MR) is 69.6 cm³/mol. The molecular weight excluding hydrogens is 250 g/mol. The first kappa shape index (κ1) is 12.8. The summed E-state index contributed by atoms with van der Waals surface area (Å²) in [5.74, 6) is 0.794. The molecule has 0 radical (unpaired) electrons. The van der Waals surface area contributed by atoms with E-state index in [0.717, 1.165) is 30.8 Å². The first-order valence-corrected chi connectivity index (χ1v) is 6.82. The van der Waals surface area contributed by atoms with Gasteiger partial charge in [0.1, 0.15) is 12.7 Å². The van der Waals surface area contributed by atoms with E-state index in [1.165, 1.54) is 18.1 Å². The SMILES string of the molecule is CCCc1cc(=O)[nH]c(SCCn2cncn2)n1. The minimum Gasteiger partial charge on any atom is -0.301 e. The van der Waals surface area contributed by atoms with Gasteiger partial charge in [-0.3, -0.25) is 9.48 Å². The fourth-order valence-electron chi connectivity index (χ4n) is 1.52. The van der Waals surface area contributed by atoms with Crippen LogP contribution in [0.15, 0.2) is 28.7 Å². The zero-order valence-corrected chi connectivity index (χ0v) is 11.0. The second-order valence-corrected chi connectivity index (χ2v) is 4.88. The first-order chi connectivity index (χ1) is 8.78. The van der Waals surface area contributed by atoms with Crippen molar-refractivity contribution in [2.45, 2.75) is 31.5 Å². The number of nitrogens with zero attached hydrogens (tertiary/aromatic N) is 4. The summed E-state index contributed by atoms with van der Waals surface area (Å²) in [5, 5.41) is 4.68. The van der Waals surface area contributed by atoms with Crippen LogP contribution in [0.25, 0.3) is 0 Å². The van der Waals surface area contributed by atoms with Crippen molar-refractivity contribution in [2.24, 2.45) is 0 Å². The topological polar surface area (TPSA) is 76.5 Å². The molecule has 0 aliphatic rings. The van der Waals surface area contributed by atoms with E-state index in [2.05, 4.69) is 27.0 Å². The van der Waals surface area contributed by atoms with Crippen LogP contribution in [0.1, 0.15) is 19.0 Å². The minimum atomic E-state index is -0.0864. The Morgan fingerprint density at radius 3 is 3.11 bits per heavy atom. The average Bonchev–Trinajstić information content (AvgIpc) is 2.82. The molecule has 6 nitrogen and oxygen atoms in total. The molecule has 1 N–H and O–H groups in total. The predicted octanol–water partition coefficient (Wildman–Crippen LogP) is 1.11. The van der Waals surface area contributed by atoms with Crippen LogP contribution in [0.5, 0.6) is 0 Å². The molecule has 0 spiro atoms. The molecule has 2 rings (SSSR count). The number of H-pyrrole nitrogens is 1. The highest BCUT2D eigenvalue weighted by Crippen LogP contribution is 2.11. The lowest BCUT2D eigenvalue weighted by Gasteiger charge is -2.03. The number of rotatable bonds is 6. The Bertz CT molecular complexity index is 537. The second-order valence-electron chi connectivity index (χ2n) is 3.80. The van der Waals surface area contributed by atoms with Crippen molar-refractivity contribution in [3.05, 3.63) is 34.8 Å². The zero-order chi connectivity index (χ0) is 12.8. The van der Waals surface area contributed by atoms with E-state index in [0.29, 0.717) is 5.16 Å². The lowest BCUT2D eigenvalue weighted by molar-refractivity contribution is 0.663. The Morgan fingerprint density at radius 2 is 2.39 bits per heavy atom. The molecule has 18 heavy (non-hydrogen) atoms. The third-order valence-corrected chi connectivity index (χ3v) is 3.16. The van der Waals surface area contributed by atoms with Crippen molar-refractivity contribution in [1.29, 1.82) is 0 Å². The van der Waals surface area contributed by atoms with Gasteiger partial charge in [0.25, 0.3) is 5.56 Å². The minimum absolute atomic E-state index is 0.0864. The first-order valence-electron chi connectivity index (χ1n) is 5.83. The van der Waals surface area contributed by atoms with Crippen LogP contribution in [0.2, 0.25) is 0 Å². The fourth-order valence-corrected chi connectivity index (χ4v) is 2.35. The maximum Gasteiger partial charge on any atom is 0.251 e. The molecule has 96 valence electrons. The van der Waals surface area contributed by atoms with Gasteiger partial charge in [-0.25, -0.2) is 9.97 Å². The molecular formula is C11H15N5OS. The second kappa shape index (κ2) is 6.34. The Labute approximate surface area is 109 Å². The van der Waals surface area contributed by atoms with Crippen LogP contribution in [-0.2, 0) is 13.0 Å². The van der Waals surface area contributed by atoms with Gasteiger partial charge in [0.15, 0.2) is 5.16 Å². The van der Waals surface area contributed by atoms with Crippen LogP contribution >= 0.6 is 11.8 Å². The molecule has 2 aromatic rings. The molecule has 0 fully saturated rings. The fraction of sp³-hybridized carbons (Fsp3) is 0.455. The monoisotopic (exact) mass is 265 g/mol. The van der Waals surface area contributed by atoms with Crippen LogP contribution in [0, 0.1) is 0 Å². The van der Waals surface area contributed by atoms with Crippen LogP contribution in [-0.4, -0.2) is 30.5 Å². The Hall–Kier alpha value is -1.63. The quantitative estimate of drug-likeness (QED) is 0.625. The van der Waals surface area contributed by atoms with Gasteiger partial charge in [-0.05, 0) is 6.42 Å². The summed E-state index contributed by atoms with van der Waals surface area (Å²) in [6.45, 7) is 2.81. The molecule has 0 amide bonds. The maximum atomic E-state index is 11.4. The number of hydrogen-bond donors (Lipinski definition) is 1. The van der Waals surface area contributed by atoms with Crippen molar-refractivity contribution in [3.8, 4) is 0 Å². The van der Waals surface area contributed by atoms with E-state index in [1.54, 1.807) is 17.1 Å². The van der Waals surface area contributed by atoms with E-state index in [4.69, 9.17) is 0 Å². The van der Waals surface area contributed by atoms with Crippen LogP contribution in [0.4, 0.5) is 0 Å². The Balaban J connectivity index is 1.94. The standard InChI is InChI=1S/C11H15N5OS/c1-2-3-9-6-10(17)15-11(14-9)18-5-4-16-8-12-7-13-16/h6-8H,2-5H2,1H3,(H,14,15,17). The van der Waals surface area contributed by atoms with Gasteiger partial charge in [0, 0.05) is 17.5 Å². The van der Waals surface area contributed by atoms with E-state index >= 15 is 0 Å². The number of thioether (sulfide) groups is 1. The third-order valence-electron chi connectivity index (χ3n) is 2.30. The lowest BCUT2D eigenvalue weighted by Crippen LogP contribution is -2.10. The molecule has 7 heteroatoms. The number of aromatic nitrogens is 5. The number of aryl methyl sites for hydroxylation is 2. The molecule has 0 aliphatic heterocycles. The molecule has 0 aromatic carbocycles. The number of hydrogen-bond acceptors (Lipinski definition) is 5. The summed E-state index contributed by atoms with van der Waals surface area (Å²) in [7, 11) is 0. The normalized spacial score (nSPS) is 10.7. The summed E-state index contributed by atoms with van der Waals surface area (Å²) < 4.78 is 1.75. The van der Waals surface area contributed by atoms with Crippen molar-refractivity contribution in [1.82, 2.24) is 24.7 Å². The van der Waals surface area contributed by atoms with Gasteiger partial charge < -0.3 is 4.98 Å². The van der Waals surface area contributed by atoms with Crippen molar-refractivity contribution < 1.29 is 0 Å². The molecule has 0 saturated carbocycles. The molecule has 0 aliphatic carbocycles. The molecule has 0 bridgehead atoms. The average molecular weight is 265 g/mol. The van der Waals surface area contributed by atoms with Crippen LogP contribution in [0.3, 0.4) is 0 Å². The van der Waals surface area contributed by atoms with Gasteiger partial charge in [-0.1, -0.05) is 25.1 Å². The highest BCUT2D eigenvalue weighted by Gasteiger charge is 2.02. The summed E-state index contributed by atoms with van der Waals surface area (Å²) in [6, 6.07) is 1.56. The van der Waals surface area contributed by atoms with Crippen LogP contribution < -0.4 is 5.56 Å². The highest BCUT2D eigenvalue weighted by molar-refractivity contribution is 7.99. The Kier molecular flexibility index (Phi) is 4.52. The van der Waals surface area contributed by atoms with E-state index in [9.17, 15) is 4.79 Å². The van der Waals surface area contributed by atoms with E-state index < -0.39 is 0 Å². The molecule has 0 unspecified atom stereocenters. The molecule has 2 heterocycles. The van der Waals surface area contributed by atoms with Crippen molar-refractivity contribution >= 4 is 11.8 Å². The molecule has 0 saturated heterocycles. The van der Waals surface area contributed by atoms with Gasteiger partial charge >= 0.3 is 0 Å². The van der Waals surface area contributed by atoms with Gasteiger partial charge in [0.05, 0.1) is 6.54 Å². The zero-order valence-electron chi connectivity index (χ0n) is 10.2. The third kappa shape index (κ3) is 3.69. The van der Waals surface area contributed by atoms with E-state index in [1.807, 2.05) is 0 Å².